The molecule has 1 radical (unpaired) electrons. The van der Waals surface area contributed by atoms with E-state index in [9.17, 15) is 5.21 Å². The molecule has 0 aromatic heterocycles. The van der Waals surface area contributed by atoms with Crippen LogP contribution in [-0.2, 0) is 5.21 Å². The SMILES string of the molecule is [2H]OC([2H])([2H])C1=C([2H])C(C([2H])([2H])[2H])(C([2H])([2H])[2H])N([O])C1(C([2H])([2H])[2H])C([2H])([2H])[2H]. The fraction of sp³-hybridized carbons (Fsp3) is 0.778. The number of rotatable bonds is 2. The Balaban J connectivity index is 4.41. The van der Waals surface area contributed by atoms with Gasteiger partial charge in [-0.25, -0.2) is 0 Å². The Hall–Kier alpha value is -0.380. The summed E-state index contributed by atoms with van der Waals surface area (Å²) in [5, 5.41) is 15.6. The van der Waals surface area contributed by atoms with Gasteiger partial charge in [-0.2, -0.15) is 0 Å². The third kappa shape index (κ3) is 1.18. The molecule has 1 N–H and O–H groups in total. The summed E-state index contributed by atoms with van der Waals surface area (Å²) >= 11 is 0. The molecule has 3 heteroatoms. The predicted molar refractivity (Wildman–Crippen MR) is 45.9 cm³/mol. The molecule has 1 aliphatic rings. The van der Waals surface area contributed by atoms with Crippen molar-refractivity contribution in [2.45, 2.75) is 38.5 Å². The first-order valence-electron chi connectivity index (χ1n) is 10.7. The van der Waals surface area contributed by atoms with E-state index in [4.69, 9.17) is 22.0 Å². The zero-order valence-corrected chi connectivity index (χ0v) is 5.76. The van der Waals surface area contributed by atoms with Crippen LogP contribution in [0.2, 0.25) is 0 Å². The molecular formula is C9H16NO2. The zero-order valence-electron chi connectivity index (χ0n) is 21.8. The summed E-state index contributed by atoms with van der Waals surface area (Å²) in [5.41, 5.74) is -10.0. The molecule has 0 spiro atoms. The molecule has 69 valence electrons. The van der Waals surface area contributed by atoms with Crippen molar-refractivity contribution in [3.8, 4) is 0 Å². The predicted octanol–water partition coefficient (Wildman–Crippen LogP) is 1.12. The highest BCUT2D eigenvalue weighted by Gasteiger charge is 2.45. The molecule has 12 heavy (non-hydrogen) atoms. The average molecular weight is 186 g/mol. The maximum Gasteiger partial charge on any atom is 0.211 e. The van der Waals surface area contributed by atoms with Gasteiger partial charge in [0.15, 0.2) is 0 Å². The number of nitrogens with zero attached hydrogens (tertiary/aromatic N) is 1. The van der Waals surface area contributed by atoms with Crippen molar-refractivity contribution in [1.82, 2.24) is 5.06 Å². The van der Waals surface area contributed by atoms with Crippen LogP contribution in [0.3, 0.4) is 0 Å². The smallest absolute Gasteiger partial charge is 0.211 e. The van der Waals surface area contributed by atoms with Gasteiger partial charge in [-0.15, -0.1) is 10.3 Å². The Bertz CT molecular complexity index is 623. The molecule has 1 rings (SSSR count). The quantitative estimate of drug-likeness (QED) is 0.657. The Labute approximate surface area is 95.8 Å². The minimum Gasteiger partial charge on any atom is -0.392 e. The Morgan fingerprint density at radius 1 is 1.83 bits per heavy atom. The third-order valence-corrected chi connectivity index (χ3v) is 1.38. The van der Waals surface area contributed by atoms with E-state index in [0.717, 1.165) is 0 Å². The molecule has 0 saturated heterocycles. The lowest BCUT2D eigenvalue weighted by atomic mass is 9.98. The second kappa shape index (κ2) is 2.55. The van der Waals surface area contributed by atoms with E-state index in [2.05, 4.69) is 5.11 Å². The van der Waals surface area contributed by atoms with Crippen molar-refractivity contribution < 1.29 is 30.9 Å². The van der Waals surface area contributed by atoms with Crippen LogP contribution in [0.5, 0.6) is 0 Å². The highest BCUT2D eigenvalue weighted by Crippen LogP contribution is 2.37. The van der Waals surface area contributed by atoms with Crippen molar-refractivity contribution in [3.05, 3.63) is 11.6 Å². The second-order valence-electron chi connectivity index (χ2n) is 2.32. The van der Waals surface area contributed by atoms with Gasteiger partial charge < -0.3 is 5.11 Å². The molecule has 0 unspecified atom stereocenters. The lowest BCUT2D eigenvalue weighted by molar-refractivity contribution is -0.239. The van der Waals surface area contributed by atoms with Crippen molar-refractivity contribution >= 4 is 0 Å². The Morgan fingerprint density at radius 2 is 2.58 bits per heavy atom. The normalized spacial score (nSPS) is 53.1. The summed E-state index contributed by atoms with van der Waals surface area (Å²) in [6, 6.07) is -1.91. The van der Waals surface area contributed by atoms with Crippen LogP contribution in [0.15, 0.2) is 11.6 Å². The molecule has 0 saturated carbocycles. The van der Waals surface area contributed by atoms with Gasteiger partial charge in [-0.3, -0.25) is 0 Å². The van der Waals surface area contributed by atoms with E-state index in [0.29, 0.717) is 0 Å². The van der Waals surface area contributed by atoms with Gasteiger partial charge in [-0.1, -0.05) is 6.05 Å². The first kappa shape index (κ1) is 1.72. The van der Waals surface area contributed by atoms with E-state index in [1.807, 2.05) is 0 Å². The number of hydrogen-bond acceptors (Lipinski definition) is 2. The van der Waals surface area contributed by atoms with E-state index in [1.54, 1.807) is 0 Å². The van der Waals surface area contributed by atoms with Gasteiger partial charge in [0.1, 0.15) is 0 Å². The van der Waals surface area contributed by atoms with Crippen molar-refractivity contribution in [1.29, 1.82) is 1.43 Å². The largest absolute Gasteiger partial charge is 0.392 e. The second-order valence-corrected chi connectivity index (χ2v) is 2.32. The van der Waals surface area contributed by atoms with Crippen LogP contribution < -0.4 is 0 Å². The standard InChI is InChI=1S/C9H16NO2/c1-8(2)5-7(6-11)9(3,4)10(8)12/h5,11H,6H2,1-4H3/i1D3,2D3,3D3,4D3,5D,6D2,11D. The molecule has 0 bridgehead atoms. The fourth-order valence-corrected chi connectivity index (χ4v) is 0.775. The highest BCUT2D eigenvalue weighted by atomic mass is 16.5. The van der Waals surface area contributed by atoms with Gasteiger partial charge in [0.05, 0.1) is 21.7 Å². The lowest BCUT2D eigenvalue weighted by Crippen LogP contribution is -2.47. The first-order chi connectivity index (χ1) is 12.0. The lowest BCUT2D eigenvalue weighted by Gasteiger charge is -2.33. The van der Waals surface area contributed by atoms with Gasteiger partial charge in [0.25, 0.3) is 0 Å². The van der Waals surface area contributed by atoms with Crippen LogP contribution >= 0.6 is 0 Å². The summed E-state index contributed by atoms with van der Waals surface area (Å²) in [6.45, 7) is -19.9. The topological polar surface area (TPSA) is 43.4 Å². The maximum absolute atomic E-state index is 13.2. The molecule has 0 fully saturated rings. The Kier molecular flexibility index (Phi) is 0.366. The van der Waals surface area contributed by atoms with Crippen LogP contribution in [0.1, 0.15) is 48.0 Å². The molecule has 0 aromatic rings. The molecule has 0 aliphatic carbocycles. The van der Waals surface area contributed by atoms with Gasteiger partial charge in [0, 0.05) is 16.4 Å². The monoisotopic (exact) mass is 186 g/mol. The highest BCUT2D eigenvalue weighted by molar-refractivity contribution is 5.29. The van der Waals surface area contributed by atoms with Crippen LogP contribution in [0.25, 0.3) is 0 Å². The third-order valence-electron chi connectivity index (χ3n) is 1.38. The molecule has 0 amide bonds. The van der Waals surface area contributed by atoms with Crippen molar-refractivity contribution in [3.63, 3.8) is 0 Å². The van der Waals surface area contributed by atoms with E-state index >= 15 is 0 Å². The molecule has 0 atom stereocenters. The molecule has 3 nitrogen and oxygen atoms in total. The van der Waals surface area contributed by atoms with Gasteiger partial charge in [-0.05, 0) is 33.0 Å². The van der Waals surface area contributed by atoms with Crippen molar-refractivity contribution in [2.24, 2.45) is 0 Å². The summed E-state index contributed by atoms with van der Waals surface area (Å²) in [6.07, 6.45) is 0. The number of aliphatic hydroxyl groups is 1. The molecular weight excluding hydrogens is 154 g/mol. The Morgan fingerprint density at radius 3 is 3.08 bits per heavy atom. The number of hydroxylamine groups is 2. The summed E-state index contributed by atoms with van der Waals surface area (Å²) in [4.78, 5) is 0. The maximum atomic E-state index is 13.2. The van der Waals surface area contributed by atoms with Gasteiger partial charge in [0.2, 0.25) is 1.43 Å². The van der Waals surface area contributed by atoms with Crippen LogP contribution in [0, 0.1) is 0 Å². The summed E-state index contributed by atoms with van der Waals surface area (Å²) in [5.74, 6) is 0. The van der Waals surface area contributed by atoms with Crippen LogP contribution in [0.4, 0.5) is 0 Å². The number of hydrogen-bond donors (Lipinski definition) is 1. The zero-order chi connectivity index (χ0) is 22.9. The van der Waals surface area contributed by atoms with E-state index in [-0.39, 0.29) is 0 Å². The molecule has 1 heterocycles. The van der Waals surface area contributed by atoms with Gasteiger partial charge >= 0.3 is 0 Å². The first-order valence-corrected chi connectivity index (χ1v) is 2.83. The summed E-state index contributed by atoms with van der Waals surface area (Å²) < 4.78 is 121. The van der Waals surface area contributed by atoms with Crippen molar-refractivity contribution in [2.75, 3.05) is 6.56 Å². The van der Waals surface area contributed by atoms with Crippen LogP contribution in [-0.4, -0.2) is 29.2 Å². The van der Waals surface area contributed by atoms with E-state index < -0.39 is 61.7 Å². The molecule has 0 aromatic carbocycles. The summed E-state index contributed by atoms with van der Waals surface area (Å²) in [7, 11) is 0. The molecule has 1 aliphatic heterocycles. The minimum absolute atomic E-state index is 1.24. The fourth-order valence-electron chi connectivity index (χ4n) is 0.775. The average Bonchev–Trinajstić information content (AvgIpc) is 2.62. The van der Waals surface area contributed by atoms with E-state index in [1.165, 1.54) is 0 Å². The minimum atomic E-state index is -4.12.